The van der Waals surface area contributed by atoms with E-state index in [-0.39, 0.29) is 24.0 Å². The van der Waals surface area contributed by atoms with Gasteiger partial charge in [0.1, 0.15) is 11.2 Å². The zero-order valence-corrected chi connectivity index (χ0v) is 20.3. The van der Waals surface area contributed by atoms with E-state index in [0.717, 1.165) is 56.4 Å². The highest BCUT2D eigenvalue weighted by Crippen LogP contribution is 2.34. The molecule has 3 heterocycles. The molecule has 2 aromatic rings. The van der Waals surface area contributed by atoms with E-state index >= 15 is 0 Å². The molecule has 1 saturated heterocycles. The Hall–Kier alpha value is -2.60. The molecule has 1 aromatic carbocycles. The summed E-state index contributed by atoms with van der Waals surface area (Å²) in [5.74, 6) is -0.123. The lowest BCUT2D eigenvalue weighted by molar-refractivity contribution is -0.134. The average molecular weight is 464 g/mol. The topological polar surface area (TPSA) is 63.6 Å². The minimum atomic E-state index is -0.971. The largest absolute Gasteiger partial charge is 0.376 e. The van der Waals surface area contributed by atoms with Gasteiger partial charge in [0.15, 0.2) is 0 Å². The van der Waals surface area contributed by atoms with Gasteiger partial charge in [0.25, 0.3) is 5.91 Å². The maximum atomic E-state index is 13.9. The molecule has 182 valence electrons. The Morgan fingerprint density at radius 1 is 0.971 bits per heavy atom. The van der Waals surface area contributed by atoms with Crippen LogP contribution >= 0.6 is 0 Å². The van der Waals surface area contributed by atoms with Crippen molar-refractivity contribution in [3.63, 3.8) is 0 Å². The first kappa shape index (κ1) is 23.2. The van der Waals surface area contributed by atoms with Crippen molar-refractivity contribution in [1.29, 1.82) is 0 Å². The number of carbonyl (C=O) groups is 2. The van der Waals surface area contributed by atoms with E-state index in [9.17, 15) is 9.59 Å². The fourth-order valence-corrected chi connectivity index (χ4v) is 5.85. The minimum absolute atomic E-state index is 0.00688. The van der Waals surface area contributed by atoms with Crippen LogP contribution in [0.2, 0.25) is 0 Å². The van der Waals surface area contributed by atoms with Crippen LogP contribution in [0.25, 0.3) is 11.3 Å². The van der Waals surface area contributed by atoms with Gasteiger partial charge in [0, 0.05) is 24.9 Å². The Bertz CT molecular complexity index is 1000. The van der Waals surface area contributed by atoms with E-state index in [4.69, 9.17) is 4.74 Å². The maximum Gasteiger partial charge on any atom is 0.271 e. The molecular formula is C28H37N3O3. The normalized spacial score (nSPS) is 26.1. The Morgan fingerprint density at radius 3 is 2.38 bits per heavy atom. The van der Waals surface area contributed by atoms with Crippen molar-refractivity contribution in [1.82, 2.24) is 14.8 Å². The van der Waals surface area contributed by atoms with E-state index in [1.54, 1.807) is 4.90 Å². The number of hydrogen-bond donors (Lipinski definition) is 1. The van der Waals surface area contributed by atoms with Crippen molar-refractivity contribution in [2.24, 2.45) is 0 Å². The number of aromatic nitrogens is 1. The summed E-state index contributed by atoms with van der Waals surface area (Å²) >= 11 is 0. The van der Waals surface area contributed by atoms with Crippen molar-refractivity contribution in [3.8, 4) is 11.3 Å². The summed E-state index contributed by atoms with van der Waals surface area (Å²) in [6, 6.07) is 14.2. The highest BCUT2D eigenvalue weighted by molar-refractivity contribution is 6.00. The molecule has 0 unspecified atom stereocenters. The maximum absolute atomic E-state index is 13.9. The van der Waals surface area contributed by atoms with Crippen molar-refractivity contribution in [2.45, 2.75) is 88.9 Å². The third-order valence-corrected chi connectivity index (χ3v) is 7.92. The predicted octanol–water partition coefficient (Wildman–Crippen LogP) is 4.78. The van der Waals surface area contributed by atoms with Crippen molar-refractivity contribution in [2.75, 3.05) is 13.2 Å². The summed E-state index contributed by atoms with van der Waals surface area (Å²) in [5, 5.41) is 3.37. The van der Waals surface area contributed by atoms with Crippen molar-refractivity contribution >= 4 is 11.8 Å². The van der Waals surface area contributed by atoms with E-state index in [1.807, 2.05) is 41.8 Å². The van der Waals surface area contributed by atoms with E-state index in [0.29, 0.717) is 18.8 Å². The van der Waals surface area contributed by atoms with Gasteiger partial charge in [-0.3, -0.25) is 9.59 Å². The molecule has 6 nitrogen and oxygen atoms in total. The SMILES string of the molecule is C[C@@]1(C(=O)NC2CCCCCCC2)Cn2c(ccc2-c2ccccc2)C(=O)N1C[C@H]1CCCO1. The lowest BCUT2D eigenvalue weighted by atomic mass is 9.91. The van der Waals surface area contributed by atoms with Crippen LogP contribution in [0.3, 0.4) is 0 Å². The standard InChI is InChI=1S/C28H37N3O3/c1-28(27(33)29-22-13-8-3-2-4-9-14-22)20-30-24(21-11-6-5-7-12-21)16-17-25(30)26(32)31(28)19-23-15-10-18-34-23/h5-7,11-12,16-17,22-23H,2-4,8-10,13-15,18-20H2,1H3,(H,29,33)/t23-,28+/m1/s1. The smallest absolute Gasteiger partial charge is 0.271 e. The van der Waals surface area contributed by atoms with Crippen LogP contribution in [0.5, 0.6) is 0 Å². The number of hydrogen-bond acceptors (Lipinski definition) is 3. The summed E-state index contributed by atoms with van der Waals surface area (Å²) in [5.41, 5.74) is 1.71. The molecule has 2 amide bonds. The number of nitrogens with zero attached hydrogens (tertiary/aromatic N) is 2. The number of fused-ring (bicyclic) bond motifs is 1. The molecule has 1 aliphatic carbocycles. The van der Waals surface area contributed by atoms with Gasteiger partial charge in [-0.25, -0.2) is 0 Å². The number of carbonyl (C=O) groups excluding carboxylic acids is 2. The molecule has 1 saturated carbocycles. The molecule has 6 heteroatoms. The molecule has 2 atom stereocenters. The van der Waals surface area contributed by atoms with Crippen LogP contribution in [0, 0.1) is 0 Å². The molecule has 0 spiro atoms. The molecule has 0 radical (unpaired) electrons. The van der Waals surface area contributed by atoms with Crippen LogP contribution in [0.1, 0.15) is 75.2 Å². The number of benzene rings is 1. The first-order valence-corrected chi connectivity index (χ1v) is 13.1. The quantitative estimate of drug-likeness (QED) is 0.694. The molecule has 3 aliphatic rings. The molecule has 0 bridgehead atoms. The predicted molar refractivity (Wildman–Crippen MR) is 133 cm³/mol. The molecule has 2 aliphatic heterocycles. The first-order valence-electron chi connectivity index (χ1n) is 13.1. The second-order valence-corrected chi connectivity index (χ2v) is 10.4. The Kier molecular flexibility index (Phi) is 6.77. The number of rotatable bonds is 5. The summed E-state index contributed by atoms with van der Waals surface area (Å²) in [4.78, 5) is 29.6. The number of nitrogens with one attached hydrogen (secondary N) is 1. The van der Waals surface area contributed by atoms with Gasteiger partial charge in [0.2, 0.25) is 5.91 Å². The van der Waals surface area contributed by atoms with Crippen molar-refractivity contribution in [3.05, 3.63) is 48.2 Å². The Balaban J connectivity index is 1.47. The molecule has 5 rings (SSSR count). The number of amides is 2. The van der Waals surface area contributed by atoms with Gasteiger partial charge >= 0.3 is 0 Å². The minimum Gasteiger partial charge on any atom is -0.376 e. The third kappa shape index (κ3) is 4.52. The molecular weight excluding hydrogens is 426 g/mol. The summed E-state index contributed by atoms with van der Waals surface area (Å²) in [7, 11) is 0. The van der Waals surface area contributed by atoms with Crippen LogP contribution in [-0.4, -0.2) is 52.1 Å². The fourth-order valence-electron chi connectivity index (χ4n) is 5.85. The molecule has 2 fully saturated rings. The van der Waals surface area contributed by atoms with Gasteiger partial charge in [-0.15, -0.1) is 0 Å². The lowest BCUT2D eigenvalue weighted by Gasteiger charge is -2.45. The molecule has 1 N–H and O–H groups in total. The van der Waals surface area contributed by atoms with Gasteiger partial charge in [-0.1, -0.05) is 62.4 Å². The molecule has 1 aromatic heterocycles. The molecule has 34 heavy (non-hydrogen) atoms. The van der Waals surface area contributed by atoms with Crippen LogP contribution in [0.4, 0.5) is 0 Å². The van der Waals surface area contributed by atoms with Gasteiger partial charge in [-0.2, -0.15) is 0 Å². The van der Waals surface area contributed by atoms with Gasteiger partial charge < -0.3 is 19.5 Å². The van der Waals surface area contributed by atoms with Gasteiger partial charge in [0.05, 0.1) is 12.6 Å². The Morgan fingerprint density at radius 2 is 1.68 bits per heavy atom. The van der Waals surface area contributed by atoms with E-state index < -0.39 is 5.54 Å². The number of ether oxygens (including phenoxy) is 1. The van der Waals surface area contributed by atoms with Gasteiger partial charge in [-0.05, 0) is 50.3 Å². The van der Waals surface area contributed by atoms with E-state index in [1.165, 1.54) is 19.3 Å². The fraction of sp³-hybridized carbons (Fsp3) is 0.571. The van der Waals surface area contributed by atoms with E-state index in [2.05, 4.69) is 17.4 Å². The highest BCUT2D eigenvalue weighted by Gasteiger charge is 2.49. The van der Waals surface area contributed by atoms with Crippen LogP contribution in [-0.2, 0) is 16.1 Å². The summed E-state index contributed by atoms with van der Waals surface area (Å²) < 4.78 is 7.93. The second kappa shape index (κ2) is 9.95. The summed E-state index contributed by atoms with van der Waals surface area (Å²) in [6.45, 7) is 3.57. The van der Waals surface area contributed by atoms with Crippen LogP contribution < -0.4 is 5.32 Å². The highest BCUT2D eigenvalue weighted by atomic mass is 16.5. The first-order chi connectivity index (χ1) is 16.6. The third-order valence-electron chi connectivity index (χ3n) is 7.92. The average Bonchev–Trinajstić information content (AvgIpc) is 3.49. The van der Waals surface area contributed by atoms with Crippen molar-refractivity contribution < 1.29 is 14.3 Å². The summed E-state index contributed by atoms with van der Waals surface area (Å²) in [6.07, 6.45) is 10.0. The zero-order chi connectivity index (χ0) is 23.5. The second-order valence-electron chi connectivity index (χ2n) is 10.4. The lowest BCUT2D eigenvalue weighted by Crippen LogP contribution is -2.66. The monoisotopic (exact) mass is 463 g/mol. The Labute approximate surface area is 202 Å². The zero-order valence-electron chi connectivity index (χ0n) is 20.3. The van der Waals surface area contributed by atoms with Crippen LogP contribution in [0.15, 0.2) is 42.5 Å².